The summed E-state index contributed by atoms with van der Waals surface area (Å²) in [4.78, 5) is 11.7. The van der Waals surface area contributed by atoms with Gasteiger partial charge in [-0.2, -0.15) is 13.2 Å². The smallest absolute Gasteiger partial charge is 0.398 e. The largest absolute Gasteiger partial charge is 0.418 e. The first kappa shape index (κ1) is 15.6. The summed E-state index contributed by atoms with van der Waals surface area (Å²) in [5, 5.41) is 2.39. The number of ether oxygens (including phenoxy) is 1. The van der Waals surface area contributed by atoms with Crippen LogP contribution >= 0.6 is 0 Å². The SMILES string of the molecule is Nc1ccc(NC(=O)COC2CCCC2)cc1C(F)(F)F. The maximum absolute atomic E-state index is 12.7. The molecule has 0 unspecified atom stereocenters. The Hall–Kier alpha value is -1.76. The zero-order valence-corrected chi connectivity index (χ0v) is 11.4. The molecule has 3 N–H and O–H groups in total. The molecule has 1 aromatic carbocycles. The van der Waals surface area contributed by atoms with E-state index in [4.69, 9.17) is 10.5 Å². The lowest BCUT2D eigenvalue weighted by Gasteiger charge is -2.13. The van der Waals surface area contributed by atoms with E-state index in [0.717, 1.165) is 37.8 Å². The molecule has 0 radical (unpaired) electrons. The van der Waals surface area contributed by atoms with Crippen molar-refractivity contribution in [2.75, 3.05) is 17.7 Å². The average Bonchev–Trinajstić information content (AvgIpc) is 2.90. The normalized spacial score (nSPS) is 16.1. The number of rotatable bonds is 4. The fourth-order valence-corrected chi connectivity index (χ4v) is 2.33. The van der Waals surface area contributed by atoms with Crippen molar-refractivity contribution in [2.24, 2.45) is 0 Å². The van der Waals surface area contributed by atoms with Crippen LogP contribution in [-0.2, 0) is 15.7 Å². The predicted molar refractivity (Wildman–Crippen MR) is 72.7 cm³/mol. The predicted octanol–water partition coefficient (Wildman–Crippen LogP) is 3.19. The number of nitrogens with two attached hydrogens (primary N) is 1. The van der Waals surface area contributed by atoms with Gasteiger partial charge < -0.3 is 15.8 Å². The molecule has 0 heterocycles. The molecule has 0 aromatic heterocycles. The van der Waals surface area contributed by atoms with Crippen LogP contribution in [0, 0.1) is 0 Å². The zero-order valence-electron chi connectivity index (χ0n) is 11.4. The molecule has 1 fully saturated rings. The molecule has 0 saturated heterocycles. The Morgan fingerprint density at radius 3 is 2.62 bits per heavy atom. The Balaban J connectivity index is 1.94. The number of amides is 1. The van der Waals surface area contributed by atoms with Crippen LogP contribution in [-0.4, -0.2) is 18.6 Å². The number of benzene rings is 1. The summed E-state index contributed by atoms with van der Waals surface area (Å²) < 4.78 is 43.5. The number of halogens is 3. The minimum Gasteiger partial charge on any atom is -0.398 e. The van der Waals surface area contributed by atoms with Crippen LogP contribution in [0.5, 0.6) is 0 Å². The van der Waals surface area contributed by atoms with E-state index in [1.54, 1.807) is 0 Å². The zero-order chi connectivity index (χ0) is 15.5. The summed E-state index contributed by atoms with van der Waals surface area (Å²) in [6.07, 6.45) is -0.461. The number of anilines is 2. The lowest BCUT2D eigenvalue weighted by atomic mass is 10.1. The second-order valence-electron chi connectivity index (χ2n) is 5.07. The van der Waals surface area contributed by atoms with E-state index < -0.39 is 17.6 Å². The lowest BCUT2D eigenvalue weighted by Crippen LogP contribution is -2.22. The van der Waals surface area contributed by atoms with E-state index in [0.29, 0.717) is 0 Å². The summed E-state index contributed by atoms with van der Waals surface area (Å²) in [5.41, 5.74) is 4.01. The van der Waals surface area contributed by atoms with E-state index in [1.807, 2.05) is 0 Å². The highest BCUT2D eigenvalue weighted by Crippen LogP contribution is 2.35. The van der Waals surface area contributed by atoms with E-state index in [2.05, 4.69) is 5.32 Å². The van der Waals surface area contributed by atoms with Gasteiger partial charge in [-0.15, -0.1) is 0 Å². The fourth-order valence-electron chi connectivity index (χ4n) is 2.33. The van der Waals surface area contributed by atoms with E-state index >= 15 is 0 Å². The minimum atomic E-state index is -4.55. The number of carbonyl (C=O) groups excluding carboxylic acids is 1. The molecule has 4 nitrogen and oxygen atoms in total. The Morgan fingerprint density at radius 2 is 2.00 bits per heavy atom. The Bertz CT molecular complexity index is 511. The summed E-state index contributed by atoms with van der Waals surface area (Å²) in [7, 11) is 0. The summed E-state index contributed by atoms with van der Waals surface area (Å²) in [5.74, 6) is -0.472. The molecule has 2 rings (SSSR count). The first-order chi connectivity index (χ1) is 9.86. The van der Waals surface area contributed by atoms with Crippen LogP contribution in [0.4, 0.5) is 24.5 Å². The number of carbonyl (C=O) groups is 1. The van der Waals surface area contributed by atoms with Crippen LogP contribution in [0.3, 0.4) is 0 Å². The molecular formula is C14H17F3N2O2. The second kappa shape index (κ2) is 6.34. The van der Waals surface area contributed by atoms with Crippen molar-refractivity contribution in [2.45, 2.75) is 38.0 Å². The fraction of sp³-hybridized carbons (Fsp3) is 0.500. The minimum absolute atomic E-state index is 0.0524. The number of nitrogens with one attached hydrogen (secondary N) is 1. The van der Waals surface area contributed by atoms with Crippen molar-refractivity contribution in [3.63, 3.8) is 0 Å². The highest BCUT2D eigenvalue weighted by molar-refractivity contribution is 5.92. The van der Waals surface area contributed by atoms with Gasteiger partial charge in [0.2, 0.25) is 5.91 Å². The lowest BCUT2D eigenvalue weighted by molar-refractivity contribution is -0.137. The third-order valence-electron chi connectivity index (χ3n) is 3.39. The summed E-state index contributed by atoms with van der Waals surface area (Å²) >= 11 is 0. The second-order valence-corrected chi connectivity index (χ2v) is 5.07. The van der Waals surface area contributed by atoms with Crippen molar-refractivity contribution in [1.82, 2.24) is 0 Å². The summed E-state index contributed by atoms with van der Waals surface area (Å²) in [6.45, 7) is -0.156. The molecule has 1 aliphatic rings. The van der Waals surface area contributed by atoms with Gasteiger partial charge in [-0.1, -0.05) is 12.8 Å². The van der Waals surface area contributed by atoms with Crippen molar-refractivity contribution >= 4 is 17.3 Å². The van der Waals surface area contributed by atoms with Crippen molar-refractivity contribution < 1.29 is 22.7 Å². The molecule has 0 atom stereocenters. The quantitative estimate of drug-likeness (QED) is 0.840. The van der Waals surface area contributed by atoms with Crippen LogP contribution < -0.4 is 11.1 Å². The van der Waals surface area contributed by atoms with Crippen LogP contribution in [0.15, 0.2) is 18.2 Å². The highest BCUT2D eigenvalue weighted by Gasteiger charge is 2.33. The van der Waals surface area contributed by atoms with Crippen molar-refractivity contribution in [3.8, 4) is 0 Å². The van der Waals surface area contributed by atoms with Gasteiger partial charge in [0.05, 0.1) is 11.7 Å². The highest BCUT2D eigenvalue weighted by atomic mass is 19.4. The number of hydrogen-bond donors (Lipinski definition) is 2. The van der Waals surface area contributed by atoms with Crippen molar-refractivity contribution in [3.05, 3.63) is 23.8 Å². The molecule has 1 amide bonds. The van der Waals surface area contributed by atoms with Gasteiger partial charge in [0.15, 0.2) is 0 Å². The Kier molecular flexibility index (Phi) is 4.72. The summed E-state index contributed by atoms with van der Waals surface area (Å²) in [6, 6.07) is 3.27. The van der Waals surface area contributed by atoms with E-state index in [1.165, 1.54) is 6.07 Å². The maximum atomic E-state index is 12.7. The van der Waals surface area contributed by atoms with Gasteiger partial charge in [0.1, 0.15) is 6.61 Å². The molecule has 1 saturated carbocycles. The molecule has 1 aromatic rings. The number of alkyl halides is 3. The van der Waals surface area contributed by atoms with Crippen molar-refractivity contribution in [1.29, 1.82) is 0 Å². The number of nitrogen functional groups attached to an aromatic ring is 1. The number of hydrogen-bond acceptors (Lipinski definition) is 3. The molecule has 7 heteroatoms. The van der Waals surface area contributed by atoms with Gasteiger partial charge >= 0.3 is 6.18 Å². The van der Waals surface area contributed by atoms with Crippen LogP contribution in [0.1, 0.15) is 31.2 Å². The molecule has 0 aliphatic heterocycles. The van der Waals surface area contributed by atoms with Gasteiger partial charge in [-0.25, -0.2) is 0 Å². The first-order valence-corrected chi connectivity index (χ1v) is 6.74. The molecular weight excluding hydrogens is 285 g/mol. The monoisotopic (exact) mass is 302 g/mol. The van der Waals surface area contributed by atoms with E-state index in [9.17, 15) is 18.0 Å². The van der Waals surface area contributed by atoms with Gasteiger partial charge in [-0.3, -0.25) is 4.79 Å². The molecule has 0 spiro atoms. The third-order valence-corrected chi connectivity index (χ3v) is 3.39. The maximum Gasteiger partial charge on any atom is 0.418 e. The van der Waals surface area contributed by atoms with Crippen LogP contribution in [0.25, 0.3) is 0 Å². The Morgan fingerprint density at radius 1 is 1.33 bits per heavy atom. The van der Waals surface area contributed by atoms with Gasteiger partial charge in [0.25, 0.3) is 0 Å². The van der Waals surface area contributed by atoms with Crippen LogP contribution in [0.2, 0.25) is 0 Å². The van der Waals surface area contributed by atoms with Gasteiger partial charge in [0, 0.05) is 11.4 Å². The standard InChI is InChI=1S/C14H17F3N2O2/c15-14(16,17)11-7-9(5-6-12(11)18)19-13(20)8-21-10-3-1-2-4-10/h5-7,10H,1-4,8,18H2,(H,19,20). The Labute approximate surface area is 120 Å². The third kappa shape index (κ3) is 4.35. The van der Waals surface area contributed by atoms with Gasteiger partial charge in [-0.05, 0) is 31.0 Å². The topological polar surface area (TPSA) is 64.3 Å². The first-order valence-electron chi connectivity index (χ1n) is 6.74. The molecule has 1 aliphatic carbocycles. The van der Waals surface area contributed by atoms with E-state index in [-0.39, 0.29) is 24.1 Å². The average molecular weight is 302 g/mol. The molecule has 116 valence electrons. The molecule has 21 heavy (non-hydrogen) atoms. The molecule has 0 bridgehead atoms.